The monoisotopic (exact) mass is 330 g/mol. The summed E-state index contributed by atoms with van der Waals surface area (Å²) < 4.78 is 1.10. The zero-order chi connectivity index (χ0) is 13.0. The third kappa shape index (κ3) is 4.07. The Balaban J connectivity index is 1.74. The van der Waals surface area contributed by atoms with E-state index in [1.165, 1.54) is 4.88 Å². The van der Waals surface area contributed by atoms with Gasteiger partial charge in [0.1, 0.15) is 0 Å². The molecule has 0 radical (unpaired) electrons. The summed E-state index contributed by atoms with van der Waals surface area (Å²) in [5.41, 5.74) is 0. The Morgan fingerprint density at radius 2 is 2.50 bits per heavy atom. The molecule has 0 spiro atoms. The van der Waals surface area contributed by atoms with Crippen LogP contribution in [0.5, 0.6) is 0 Å². The average Bonchev–Trinajstić information content (AvgIpc) is 2.76. The number of nitrogens with one attached hydrogen (secondary N) is 2. The van der Waals surface area contributed by atoms with Crippen LogP contribution in [0.1, 0.15) is 24.6 Å². The number of rotatable bonds is 4. The molecule has 0 saturated carbocycles. The fourth-order valence-corrected chi connectivity index (χ4v) is 3.64. The van der Waals surface area contributed by atoms with Crippen molar-refractivity contribution in [2.75, 3.05) is 13.1 Å². The lowest BCUT2D eigenvalue weighted by Gasteiger charge is -2.30. The lowest BCUT2D eigenvalue weighted by atomic mass is 9.94. The third-order valence-corrected chi connectivity index (χ3v) is 5.15. The van der Waals surface area contributed by atoms with E-state index in [1.807, 2.05) is 0 Å². The minimum Gasteiger partial charge on any atom is -0.352 e. The number of carbonyl (C=O) groups is 1. The Bertz CT molecular complexity index is 407. The molecular weight excluding hydrogens is 312 g/mol. The molecule has 1 aliphatic heterocycles. The van der Waals surface area contributed by atoms with Gasteiger partial charge in [-0.05, 0) is 47.3 Å². The molecule has 1 aliphatic rings. The molecule has 2 heterocycles. The van der Waals surface area contributed by atoms with Crippen molar-refractivity contribution in [2.45, 2.75) is 32.2 Å². The van der Waals surface area contributed by atoms with E-state index in [0.29, 0.717) is 18.4 Å². The standard InChI is InChI=1S/C13H19BrN2OS/c1-9-4-5-15-7-12(9)16-13(17)3-2-11-6-10(14)8-18-11/h6,8-9,12,15H,2-5,7H2,1H3,(H,16,17). The van der Waals surface area contributed by atoms with Crippen LogP contribution in [0.3, 0.4) is 0 Å². The molecule has 1 amide bonds. The SMILES string of the molecule is CC1CCNCC1NC(=O)CCc1cc(Br)cs1. The van der Waals surface area contributed by atoms with E-state index in [9.17, 15) is 4.79 Å². The largest absolute Gasteiger partial charge is 0.352 e. The van der Waals surface area contributed by atoms with Crippen molar-refractivity contribution in [1.29, 1.82) is 0 Å². The fraction of sp³-hybridized carbons (Fsp3) is 0.615. The van der Waals surface area contributed by atoms with Crippen molar-refractivity contribution in [3.8, 4) is 0 Å². The summed E-state index contributed by atoms with van der Waals surface area (Å²) in [5.74, 6) is 0.742. The number of hydrogen-bond acceptors (Lipinski definition) is 3. The smallest absolute Gasteiger partial charge is 0.220 e. The van der Waals surface area contributed by atoms with Gasteiger partial charge >= 0.3 is 0 Å². The van der Waals surface area contributed by atoms with E-state index in [1.54, 1.807) is 11.3 Å². The number of amides is 1. The Labute approximate surface area is 120 Å². The molecule has 1 aromatic heterocycles. The molecule has 1 aromatic rings. The molecule has 0 aliphatic carbocycles. The van der Waals surface area contributed by atoms with Crippen LogP contribution in [-0.4, -0.2) is 25.0 Å². The van der Waals surface area contributed by atoms with E-state index in [4.69, 9.17) is 0 Å². The first-order chi connectivity index (χ1) is 8.65. The Morgan fingerprint density at radius 3 is 3.17 bits per heavy atom. The van der Waals surface area contributed by atoms with Gasteiger partial charge in [-0.25, -0.2) is 0 Å². The first-order valence-electron chi connectivity index (χ1n) is 6.38. The molecule has 1 saturated heterocycles. The Morgan fingerprint density at radius 1 is 1.67 bits per heavy atom. The summed E-state index contributed by atoms with van der Waals surface area (Å²) in [6.07, 6.45) is 2.55. The van der Waals surface area contributed by atoms with Crippen molar-refractivity contribution < 1.29 is 4.79 Å². The Hall–Kier alpha value is -0.390. The van der Waals surface area contributed by atoms with Crippen molar-refractivity contribution in [2.24, 2.45) is 5.92 Å². The second-order valence-corrected chi connectivity index (χ2v) is 6.79. The number of piperidine rings is 1. The predicted octanol–water partition coefficient (Wildman–Crippen LogP) is 2.56. The van der Waals surface area contributed by atoms with Gasteiger partial charge in [-0.1, -0.05) is 6.92 Å². The second-order valence-electron chi connectivity index (χ2n) is 4.88. The summed E-state index contributed by atoms with van der Waals surface area (Å²) >= 11 is 5.13. The van der Waals surface area contributed by atoms with Crippen LogP contribution in [0.2, 0.25) is 0 Å². The molecule has 3 nitrogen and oxygen atoms in total. The maximum absolute atomic E-state index is 11.9. The van der Waals surface area contributed by atoms with Gasteiger partial charge in [0, 0.05) is 33.7 Å². The van der Waals surface area contributed by atoms with Crippen molar-refractivity contribution >= 4 is 33.2 Å². The minimum atomic E-state index is 0.167. The van der Waals surface area contributed by atoms with Crippen LogP contribution in [0.4, 0.5) is 0 Å². The van der Waals surface area contributed by atoms with E-state index in [2.05, 4.69) is 44.9 Å². The maximum Gasteiger partial charge on any atom is 0.220 e. The highest BCUT2D eigenvalue weighted by molar-refractivity contribution is 9.10. The van der Waals surface area contributed by atoms with Gasteiger partial charge in [-0.3, -0.25) is 4.79 Å². The van der Waals surface area contributed by atoms with Crippen LogP contribution in [0.15, 0.2) is 15.9 Å². The number of thiophene rings is 1. The molecule has 5 heteroatoms. The van der Waals surface area contributed by atoms with E-state index in [0.717, 1.165) is 30.4 Å². The highest BCUT2D eigenvalue weighted by atomic mass is 79.9. The predicted molar refractivity (Wildman–Crippen MR) is 78.9 cm³/mol. The van der Waals surface area contributed by atoms with Crippen LogP contribution in [0.25, 0.3) is 0 Å². The average molecular weight is 331 g/mol. The van der Waals surface area contributed by atoms with E-state index < -0.39 is 0 Å². The number of hydrogen-bond donors (Lipinski definition) is 2. The molecule has 2 unspecified atom stereocenters. The van der Waals surface area contributed by atoms with Gasteiger partial charge in [0.2, 0.25) is 5.91 Å². The van der Waals surface area contributed by atoms with Crippen LogP contribution in [0, 0.1) is 5.92 Å². The number of halogens is 1. The van der Waals surface area contributed by atoms with Gasteiger partial charge in [-0.15, -0.1) is 11.3 Å². The molecule has 0 aromatic carbocycles. The highest BCUT2D eigenvalue weighted by Crippen LogP contribution is 2.21. The lowest BCUT2D eigenvalue weighted by molar-refractivity contribution is -0.122. The first kappa shape index (κ1) is 14.0. The molecular formula is C13H19BrN2OS. The topological polar surface area (TPSA) is 41.1 Å². The minimum absolute atomic E-state index is 0.167. The quantitative estimate of drug-likeness (QED) is 0.890. The summed E-state index contributed by atoms with van der Waals surface area (Å²) in [6.45, 7) is 4.18. The number of carbonyl (C=O) groups excluding carboxylic acids is 1. The number of aryl methyl sites for hydroxylation is 1. The van der Waals surface area contributed by atoms with E-state index in [-0.39, 0.29) is 5.91 Å². The molecule has 2 atom stereocenters. The van der Waals surface area contributed by atoms with Crippen LogP contribution in [-0.2, 0) is 11.2 Å². The zero-order valence-corrected chi connectivity index (χ0v) is 12.9. The van der Waals surface area contributed by atoms with Crippen molar-refractivity contribution in [3.63, 3.8) is 0 Å². The molecule has 2 rings (SSSR count). The Kier molecular flexibility index (Phi) is 5.21. The van der Waals surface area contributed by atoms with Crippen LogP contribution >= 0.6 is 27.3 Å². The van der Waals surface area contributed by atoms with Gasteiger partial charge in [0.15, 0.2) is 0 Å². The molecule has 0 bridgehead atoms. The molecule has 18 heavy (non-hydrogen) atoms. The zero-order valence-electron chi connectivity index (χ0n) is 10.5. The van der Waals surface area contributed by atoms with Crippen LogP contribution < -0.4 is 10.6 Å². The summed E-state index contributed by atoms with van der Waals surface area (Å²) in [4.78, 5) is 13.1. The van der Waals surface area contributed by atoms with E-state index >= 15 is 0 Å². The summed E-state index contributed by atoms with van der Waals surface area (Å²) in [6, 6.07) is 2.38. The molecule has 2 N–H and O–H groups in total. The second kappa shape index (κ2) is 6.68. The summed E-state index contributed by atoms with van der Waals surface area (Å²) in [5, 5.41) is 8.52. The van der Waals surface area contributed by atoms with Crippen molar-refractivity contribution in [1.82, 2.24) is 10.6 Å². The van der Waals surface area contributed by atoms with Crippen molar-refractivity contribution in [3.05, 3.63) is 20.8 Å². The summed E-state index contributed by atoms with van der Waals surface area (Å²) in [7, 11) is 0. The lowest BCUT2D eigenvalue weighted by Crippen LogP contribution is -2.50. The van der Waals surface area contributed by atoms with Gasteiger partial charge in [-0.2, -0.15) is 0 Å². The van der Waals surface area contributed by atoms with Gasteiger partial charge in [0.25, 0.3) is 0 Å². The maximum atomic E-state index is 11.9. The first-order valence-corrected chi connectivity index (χ1v) is 8.05. The highest BCUT2D eigenvalue weighted by Gasteiger charge is 2.22. The fourth-order valence-electron chi connectivity index (χ4n) is 2.18. The third-order valence-electron chi connectivity index (χ3n) is 3.39. The molecule has 100 valence electrons. The van der Waals surface area contributed by atoms with Gasteiger partial charge in [0.05, 0.1) is 0 Å². The molecule has 1 fully saturated rings. The normalized spacial score (nSPS) is 23.9. The van der Waals surface area contributed by atoms with Gasteiger partial charge < -0.3 is 10.6 Å².